The van der Waals surface area contributed by atoms with Crippen molar-refractivity contribution in [3.63, 3.8) is 0 Å². The summed E-state index contributed by atoms with van der Waals surface area (Å²) in [7, 11) is -1.82. The molecule has 0 radical (unpaired) electrons. The summed E-state index contributed by atoms with van der Waals surface area (Å²) >= 11 is 0. The summed E-state index contributed by atoms with van der Waals surface area (Å²) in [4.78, 5) is 14.3. The van der Waals surface area contributed by atoms with E-state index in [9.17, 15) is 13.2 Å². The van der Waals surface area contributed by atoms with Crippen molar-refractivity contribution in [3.8, 4) is 0 Å². The third kappa shape index (κ3) is 4.54. The van der Waals surface area contributed by atoms with E-state index in [1.165, 1.54) is 10.4 Å². The van der Waals surface area contributed by atoms with E-state index >= 15 is 0 Å². The SMILES string of the molecule is CCCCN(C)C(=O)c1ccc(C)c(S(=O)(=O)N(CC)CC)c1. The van der Waals surface area contributed by atoms with Crippen molar-refractivity contribution < 1.29 is 13.2 Å². The van der Waals surface area contributed by atoms with Gasteiger partial charge >= 0.3 is 0 Å². The summed E-state index contributed by atoms with van der Waals surface area (Å²) in [5, 5.41) is 0. The van der Waals surface area contributed by atoms with Crippen molar-refractivity contribution in [1.82, 2.24) is 9.21 Å². The van der Waals surface area contributed by atoms with Gasteiger partial charge in [0.15, 0.2) is 0 Å². The number of nitrogens with zero attached hydrogens (tertiary/aromatic N) is 2. The molecule has 0 aromatic heterocycles. The maximum absolute atomic E-state index is 12.7. The van der Waals surface area contributed by atoms with Crippen LogP contribution in [0.15, 0.2) is 23.1 Å². The number of unbranched alkanes of at least 4 members (excludes halogenated alkanes) is 1. The number of aryl methyl sites for hydroxylation is 1. The number of amides is 1. The van der Waals surface area contributed by atoms with Crippen LogP contribution in [0, 0.1) is 6.92 Å². The molecule has 0 bridgehead atoms. The average Bonchev–Trinajstić information content (AvgIpc) is 2.53. The molecule has 1 aromatic rings. The smallest absolute Gasteiger partial charge is 0.253 e. The minimum Gasteiger partial charge on any atom is -0.342 e. The second-order valence-electron chi connectivity index (χ2n) is 5.65. The van der Waals surface area contributed by atoms with E-state index in [1.807, 2.05) is 13.8 Å². The summed E-state index contributed by atoms with van der Waals surface area (Å²) in [6.45, 7) is 8.93. The highest BCUT2D eigenvalue weighted by atomic mass is 32.2. The number of carbonyl (C=O) groups excluding carboxylic acids is 1. The summed E-state index contributed by atoms with van der Waals surface area (Å²) < 4.78 is 26.9. The maximum Gasteiger partial charge on any atom is 0.253 e. The first-order chi connectivity index (χ1) is 10.8. The van der Waals surface area contributed by atoms with Gasteiger partial charge in [-0.05, 0) is 31.0 Å². The van der Waals surface area contributed by atoms with Crippen molar-refractivity contribution in [2.75, 3.05) is 26.7 Å². The summed E-state index contributed by atoms with van der Waals surface area (Å²) in [6, 6.07) is 4.91. The predicted molar refractivity (Wildman–Crippen MR) is 93.2 cm³/mol. The molecule has 0 fully saturated rings. The number of rotatable bonds is 8. The Morgan fingerprint density at radius 3 is 2.26 bits per heavy atom. The first-order valence-corrected chi connectivity index (χ1v) is 9.59. The van der Waals surface area contributed by atoms with Crippen LogP contribution in [0.4, 0.5) is 0 Å². The van der Waals surface area contributed by atoms with Gasteiger partial charge < -0.3 is 4.90 Å². The van der Waals surface area contributed by atoms with Gasteiger partial charge in [-0.1, -0.05) is 33.3 Å². The van der Waals surface area contributed by atoms with Gasteiger partial charge in [-0.2, -0.15) is 4.31 Å². The lowest BCUT2D eigenvalue weighted by atomic mass is 10.1. The second-order valence-corrected chi connectivity index (χ2v) is 7.56. The van der Waals surface area contributed by atoms with Gasteiger partial charge in [-0.15, -0.1) is 0 Å². The van der Waals surface area contributed by atoms with Gasteiger partial charge in [0.2, 0.25) is 10.0 Å². The molecule has 6 heteroatoms. The Hall–Kier alpha value is -1.40. The van der Waals surface area contributed by atoms with Crippen molar-refractivity contribution in [1.29, 1.82) is 0 Å². The molecule has 0 heterocycles. The molecule has 0 saturated heterocycles. The summed E-state index contributed by atoms with van der Waals surface area (Å²) in [5.74, 6) is -0.144. The highest BCUT2D eigenvalue weighted by molar-refractivity contribution is 7.89. The van der Waals surface area contributed by atoms with Crippen LogP contribution in [0.2, 0.25) is 0 Å². The standard InChI is InChI=1S/C17H28N2O3S/c1-6-9-12-18(5)17(20)15-11-10-14(4)16(13-15)23(21,22)19(7-2)8-3/h10-11,13H,6-9,12H2,1-5H3. The first kappa shape index (κ1) is 19.6. The number of benzene rings is 1. The fourth-order valence-corrected chi connectivity index (χ4v) is 4.14. The van der Waals surface area contributed by atoms with Gasteiger partial charge in [0, 0.05) is 32.2 Å². The van der Waals surface area contributed by atoms with Crippen LogP contribution in [-0.2, 0) is 10.0 Å². The number of hydrogen-bond acceptors (Lipinski definition) is 3. The quantitative estimate of drug-likeness (QED) is 0.731. The van der Waals surface area contributed by atoms with Crippen LogP contribution in [0.3, 0.4) is 0 Å². The lowest BCUT2D eigenvalue weighted by Crippen LogP contribution is -2.32. The van der Waals surface area contributed by atoms with Crippen LogP contribution < -0.4 is 0 Å². The van der Waals surface area contributed by atoms with E-state index in [0.29, 0.717) is 30.8 Å². The minimum absolute atomic E-state index is 0.144. The van der Waals surface area contributed by atoms with E-state index in [4.69, 9.17) is 0 Å². The fourth-order valence-electron chi connectivity index (χ4n) is 2.43. The van der Waals surface area contributed by atoms with E-state index in [2.05, 4.69) is 6.92 Å². The van der Waals surface area contributed by atoms with E-state index in [-0.39, 0.29) is 10.8 Å². The predicted octanol–water partition coefficient (Wildman–Crippen LogP) is 2.90. The zero-order valence-corrected chi connectivity index (χ0v) is 15.6. The third-order valence-corrected chi connectivity index (χ3v) is 6.14. The lowest BCUT2D eigenvalue weighted by Gasteiger charge is -2.21. The van der Waals surface area contributed by atoms with Crippen molar-refractivity contribution in [2.24, 2.45) is 0 Å². The Kier molecular flexibility index (Phi) is 7.22. The van der Waals surface area contributed by atoms with Gasteiger partial charge in [-0.3, -0.25) is 4.79 Å². The zero-order chi connectivity index (χ0) is 17.6. The lowest BCUT2D eigenvalue weighted by molar-refractivity contribution is 0.0793. The Labute approximate surface area is 140 Å². The zero-order valence-electron chi connectivity index (χ0n) is 14.8. The Bertz CT molecular complexity index is 637. The fraction of sp³-hybridized carbons (Fsp3) is 0.588. The summed E-state index contributed by atoms with van der Waals surface area (Å²) in [5.41, 5.74) is 1.07. The normalized spacial score (nSPS) is 11.7. The monoisotopic (exact) mass is 340 g/mol. The molecule has 0 unspecified atom stereocenters. The molecule has 0 aliphatic heterocycles. The third-order valence-electron chi connectivity index (χ3n) is 3.95. The van der Waals surface area contributed by atoms with E-state index < -0.39 is 10.0 Å². The number of sulfonamides is 1. The van der Waals surface area contributed by atoms with Crippen molar-refractivity contribution in [3.05, 3.63) is 29.3 Å². The molecule has 0 spiro atoms. The average molecular weight is 340 g/mol. The highest BCUT2D eigenvalue weighted by Gasteiger charge is 2.25. The van der Waals surface area contributed by atoms with Crippen LogP contribution in [0.25, 0.3) is 0 Å². The van der Waals surface area contributed by atoms with Crippen LogP contribution in [-0.4, -0.2) is 50.2 Å². The summed E-state index contributed by atoms with van der Waals surface area (Å²) in [6.07, 6.45) is 1.94. The molecule has 0 aliphatic carbocycles. The highest BCUT2D eigenvalue weighted by Crippen LogP contribution is 2.22. The molecule has 1 aromatic carbocycles. The first-order valence-electron chi connectivity index (χ1n) is 8.15. The molecular formula is C17H28N2O3S. The Morgan fingerprint density at radius 1 is 1.13 bits per heavy atom. The van der Waals surface area contributed by atoms with E-state index in [1.54, 1.807) is 31.0 Å². The van der Waals surface area contributed by atoms with Crippen molar-refractivity contribution in [2.45, 2.75) is 45.4 Å². The minimum atomic E-state index is -3.57. The topological polar surface area (TPSA) is 57.7 Å². The number of hydrogen-bond donors (Lipinski definition) is 0. The molecule has 5 nitrogen and oxygen atoms in total. The molecule has 23 heavy (non-hydrogen) atoms. The van der Waals surface area contributed by atoms with Crippen LogP contribution in [0.1, 0.15) is 49.5 Å². The molecule has 0 saturated carbocycles. The van der Waals surface area contributed by atoms with Crippen molar-refractivity contribution >= 4 is 15.9 Å². The molecular weight excluding hydrogens is 312 g/mol. The Balaban J connectivity index is 3.21. The van der Waals surface area contributed by atoms with E-state index in [0.717, 1.165) is 12.8 Å². The molecule has 0 atom stereocenters. The molecule has 1 rings (SSSR count). The van der Waals surface area contributed by atoms with Gasteiger partial charge in [0.1, 0.15) is 0 Å². The van der Waals surface area contributed by atoms with Crippen LogP contribution in [0.5, 0.6) is 0 Å². The molecule has 130 valence electrons. The van der Waals surface area contributed by atoms with Gasteiger partial charge in [0.05, 0.1) is 4.90 Å². The largest absolute Gasteiger partial charge is 0.342 e. The molecule has 0 aliphatic rings. The second kappa shape index (κ2) is 8.45. The van der Waals surface area contributed by atoms with Crippen LogP contribution >= 0.6 is 0 Å². The Morgan fingerprint density at radius 2 is 1.74 bits per heavy atom. The number of carbonyl (C=O) groups is 1. The molecule has 1 amide bonds. The molecule has 0 N–H and O–H groups in total. The van der Waals surface area contributed by atoms with Gasteiger partial charge in [-0.25, -0.2) is 8.42 Å². The van der Waals surface area contributed by atoms with Gasteiger partial charge in [0.25, 0.3) is 5.91 Å². The maximum atomic E-state index is 12.7.